The van der Waals surface area contributed by atoms with Gasteiger partial charge in [-0.25, -0.2) is 0 Å². The summed E-state index contributed by atoms with van der Waals surface area (Å²) in [6, 6.07) is 0. The molecule has 0 aliphatic carbocycles. The molecule has 1 rings (SSSR count). The van der Waals surface area contributed by atoms with Gasteiger partial charge in [0.25, 0.3) is 0 Å². The van der Waals surface area contributed by atoms with Crippen LogP contribution in [0.5, 0.6) is 0 Å². The Morgan fingerprint density at radius 1 is 0.966 bits per heavy atom. The van der Waals surface area contributed by atoms with Crippen molar-refractivity contribution in [3.8, 4) is 0 Å². The topological polar surface area (TPSA) is 38.8 Å². The largest absolute Gasteiger partial charge is 0.462 e. The minimum Gasteiger partial charge on any atom is -0.462 e. The van der Waals surface area contributed by atoms with Crippen molar-refractivity contribution >= 4 is 14.3 Å². The number of carbonyl (C=O) groups excluding carboxylic acids is 1. The number of hydrogen-bond acceptors (Lipinski definition) is 4. The standard InChI is InChI=1S/C24H49NO3Si/c1-8-10-11-12-16-21(27-23(26)15-9-2)17-18-22(25-19-13-14-20-25)28-29(6,7)24(3,4)5/h21-22H,8-20H2,1-7H3. The first-order valence-corrected chi connectivity index (χ1v) is 15.1. The molecule has 5 heteroatoms. The molecule has 172 valence electrons. The molecule has 2 unspecified atom stereocenters. The molecule has 0 radical (unpaired) electrons. The molecule has 1 aliphatic heterocycles. The third-order valence-electron chi connectivity index (χ3n) is 6.65. The van der Waals surface area contributed by atoms with Crippen LogP contribution in [0.15, 0.2) is 0 Å². The molecule has 29 heavy (non-hydrogen) atoms. The normalized spacial score (nSPS) is 18.0. The summed E-state index contributed by atoms with van der Waals surface area (Å²) in [7, 11) is -1.84. The summed E-state index contributed by atoms with van der Waals surface area (Å²) < 4.78 is 12.7. The van der Waals surface area contributed by atoms with Gasteiger partial charge in [0.05, 0.1) is 6.23 Å². The summed E-state index contributed by atoms with van der Waals surface area (Å²) in [6.45, 7) is 18.2. The highest BCUT2D eigenvalue weighted by atomic mass is 28.4. The molecule has 2 atom stereocenters. The van der Waals surface area contributed by atoms with Crippen LogP contribution in [-0.2, 0) is 14.0 Å². The zero-order valence-electron chi connectivity index (χ0n) is 20.5. The average Bonchev–Trinajstić information content (AvgIpc) is 3.15. The van der Waals surface area contributed by atoms with Crippen molar-refractivity contribution in [2.24, 2.45) is 0 Å². The van der Waals surface area contributed by atoms with E-state index in [1.807, 2.05) is 6.92 Å². The van der Waals surface area contributed by atoms with E-state index in [9.17, 15) is 4.79 Å². The second kappa shape index (κ2) is 13.1. The molecular weight excluding hydrogens is 378 g/mol. The molecule has 1 aliphatic rings. The predicted octanol–water partition coefficient (Wildman–Crippen LogP) is 6.89. The second-order valence-electron chi connectivity index (χ2n) is 10.4. The van der Waals surface area contributed by atoms with Crippen LogP contribution in [0.4, 0.5) is 0 Å². The quantitative estimate of drug-likeness (QED) is 0.172. The van der Waals surface area contributed by atoms with Gasteiger partial charge in [-0.1, -0.05) is 53.9 Å². The van der Waals surface area contributed by atoms with Gasteiger partial charge in [-0.3, -0.25) is 9.69 Å². The molecule has 1 heterocycles. The lowest BCUT2D eigenvalue weighted by Crippen LogP contribution is -2.49. The van der Waals surface area contributed by atoms with Gasteiger partial charge in [-0.2, -0.15) is 0 Å². The molecule has 1 saturated heterocycles. The average molecular weight is 428 g/mol. The van der Waals surface area contributed by atoms with Gasteiger partial charge in [-0.05, 0) is 63.1 Å². The Balaban J connectivity index is 2.74. The Kier molecular flexibility index (Phi) is 12.0. The minimum absolute atomic E-state index is 0.0315. The van der Waals surface area contributed by atoms with Crippen LogP contribution < -0.4 is 0 Å². The fourth-order valence-corrected chi connectivity index (χ4v) is 5.00. The van der Waals surface area contributed by atoms with Crippen LogP contribution in [0, 0.1) is 0 Å². The Labute approximate surface area is 182 Å². The van der Waals surface area contributed by atoms with Gasteiger partial charge in [0.1, 0.15) is 6.10 Å². The maximum absolute atomic E-state index is 12.1. The van der Waals surface area contributed by atoms with E-state index >= 15 is 0 Å². The first-order valence-electron chi connectivity index (χ1n) is 12.2. The van der Waals surface area contributed by atoms with Crippen LogP contribution in [0.25, 0.3) is 0 Å². The molecule has 0 spiro atoms. The molecule has 0 aromatic rings. The Morgan fingerprint density at radius 3 is 2.17 bits per heavy atom. The van der Waals surface area contributed by atoms with Gasteiger partial charge in [0.2, 0.25) is 0 Å². The number of unbranched alkanes of at least 4 members (excludes halogenated alkanes) is 3. The number of esters is 1. The summed E-state index contributed by atoms with van der Waals surface area (Å²) in [5, 5.41) is 0.206. The van der Waals surface area contributed by atoms with Crippen LogP contribution in [-0.4, -0.2) is 44.6 Å². The van der Waals surface area contributed by atoms with E-state index in [0.29, 0.717) is 6.42 Å². The summed E-state index contributed by atoms with van der Waals surface area (Å²) in [4.78, 5) is 14.7. The highest BCUT2D eigenvalue weighted by molar-refractivity contribution is 6.74. The molecular formula is C24H49NO3Si. The van der Waals surface area contributed by atoms with E-state index in [1.54, 1.807) is 0 Å². The van der Waals surface area contributed by atoms with E-state index in [2.05, 4.69) is 45.7 Å². The lowest BCUT2D eigenvalue weighted by molar-refractivity contribution is -0.150. The van der Waals surface area contributed by atoms with E-state index < -0.39 is 8.32 Å². The highest BCUT2D eigenvalue weighted by Gasteiger charge is 2.40. The SMILES string of the molecule is CCCCCCC(CCC(O[Si](C)(C)C(C)(C)C)N1CCCC1)OC(=O)CCC. The van der Waals surface area contributed by atoms with E-state index in [1.165, 1.54) is 32.1 Å². The van der Waals surface area contributed by atoms with Crippen molar-refractivity contribution in [1.29, 1.82) is 0 Å². The van der Waals surface area contributed by atoms with E-state index in [0.717, 1.165) is 45.2 Å². The summed E-state index contributed by atoms with van der Waals surface area (Å²) >= 11 is 0. The maximum Gasteiger partial charge on any atom is 0.306 e. The van der Waals surface area contributed by atoms with Crippen LogP contribution in [0.3, 0.4) is 0 Å². The summed E-state index contributed by atoms with van der Waals surface area (Å²) in [6.07, 6.45) is 11.9. The number of hydrogen-bond donors (Lipinski definition) is 0. The number of nitrogens with zero attached hydrogens (tertiary/aromatic N) is 1. The van der Waals surface area contributed by atoms with Crippen LogP contribution in [0.1, 0.15) is 105 Å². The number of carbonyl (C=O) groups is 1. The zero-order valence-corrected chi connectivity index (χ0v) is 21.5. The van der Waals surface area contributed by atoms with E-state index in [4.69, 9.17) is 9.16 Å². The highest BCUT2D eigenvalue weighted by Crippen LogP contribution is 2.38. The van der Waals surface area contributed by atoms with Gasteiger partial charge in [0.15, 0.2) is 8.32 Å². The van der Waals surface area contributed by atoms with Gasteiger partial charge < -0.3 is 9.16 Å². The Hall–Kier alpha value is -0.393. The molecule has 0 aromatic heterocycles. The van der Waals surface area contributed by atoms with Gasteiger partial charge in [0, 0.05) is 19.5 Å². The molecule has 4 nitrogen and oxygen atoms in total. The predicted molar refractivity (Wildman–Crippen MR) is 126 cm³/mol. The first kappa shape index (κ1) is 26.6. The first-order chi connectivity index (χ1) is 13.6. The van der Waals surface area contributed by atoms with Gasteiger partial charge in [-0.15, -0.1) is 0 Å². The third kappa shape index (κ3) is 9.97. The molecule has 1 fully saturated rings. The van der Waals surface area contributed by atoms with Gasteiger partial charge >= 0.3 is 5.97 Å². The maximum atomic E-state index is 12.1. The smallest absolute Gasteiger partial charge is 0.306 e. The van der Waals surface area contributed by atoms with Crippen molar-refractivity contribution in [3.05, 3.63) is 0 Å². The summed E-state index contributed by atoms with van der Waals surface area (Å²) in [5.74, 6) is -0.0315. The van der Waals surface area contributed by atoms with Crippen LogP contribution in [0.2, 0.25) is 18.1 Å². The van der Waals surface area contributed by atoms with Crippen molar-refractivity contribution < 1.29 is 14.0 Å². The van der Waals surface area contributed by atoms with Crippen molar-refractivity contribution in [2.75, 3.05) is 13.1 Å². The fraction of sp³-hybridized carbons (Fsp3) is 0.958. The number of ether oxygens (including phenoxy) is 1. The molecule has 0 bridgehead atoms. The lowest BCUT2D eigenvalue weighted by atomic mass is 10.0. The molecule has 0 saturated carbocycles. The third-order valence-corrected chi connectivity index (χ3v) is 11.1. The van der Waals surface area contributed by atoms with E-state index in [-0.39, 0.29) is 23.3 Å². The lowest BCUT2D eigenvalue weighted by Gasteiger charge is -2.42. The zero-order chi connectivity index (χ0) is 21.9. The molecule has 0 aromatic carbocycles. The molecule has 0 N–H and O–H groups in total. The van der Waals surface area contributed by atoms with Crippen LogP contribution >= 0.6 is 0 Å². The fourth-order valence-electron chi connectivity index (χ4n) is 3.70. The van der Waals surface area contributed by atoms with Crippen molar-refractivity contribution in [3.63, 3.8) is 0 Å². The monoisotopic (exact) mass is 427 g/mol. The number of rotatable bonds is 14. The summed E-state index contributed by atoms with van der Waals surface area (Å²) in [5.41, 5.74) is 0. The Morgan fingerprint density at radius 2 is 1.62 bits per heavy atom. The number of likely N-dealkylation sites (tertiary alicyclic amines) is 1. The Bertz CT molecular complexity index is 456. The minimum atomic E-state index is -1.84. The van der Waals surface area contributed by atoms with Crippen molar-refractivity contribution in [2.45, 2.75) is 136 Å². The molecule has 0 amide bonds. The second-order valence-corrected chi connectivity index (χ2v) is 15.1. The van der Waals surface area contributed by atoms with Crippen molar-refractivity contribution in [1.82, 2.24) is 4.90 Å².